The number of nitrogens with zero attached hydrogens (tertiary/aromatic N) is 1. The summed E-state index contributed by atoms with van der Waals surface area (Å²) in [5.74, 6) is -14.6. The number of fused-ring (bicyclic) bond motifs is 3. The molecule has 40 heavy (non-hydrogen) atoms. The molecule has 3 aliphatic rings. The zero-order valence-corrected chi connectivity index (χ0v) is 21.4. The lowest BCUT2D eigenvalue weighted by Gasteiger charge is -2.54. The Morgan fingerprint density at radius 2 is 1.73 bits per heavy atom. The summed E-state index contributed by atoms with van der Waals surface area (Å²) in [5.41, 5.74) is 2.93. The fraction of sp³-hybridized carbons (Fsp3) is 0.357. The number of nitrogens with two attached hydrogens (primary N) is 1. The van der Waals surface area contributed by atoms with E-state index in [-0.39, 0.29) is 23.1 Å². The number of benzene rings is 2. The molecule has 6 N–H and O–H groups in total. The minimum atomic E-state index is -3.07. The van der Waals surface area contributed by atoms with Gasteiger partial charge in [-0.2, -0.15) is 0 Å². The molecular weight excluding hydrogens is 524 g/mol. The average molecular weight is 551 g/mol. The van der Waals surface area contributed by atoms with Crippen molar-refractivity contribution in [2.45, 2.75) is 24.2 Å². The molecule has 5 rings (SSSR count). The lowest BCUT2D eigenvalue weighted by Crippen LogP contribution is -2.77. The van der Waals surface area contributed by atoms with Gasteiger partial charge in [-0.3, -0.25) is 28.9 Å². The first-order valence-electron chi connectivity index (χ1n) is 12.4. The molecule has 2 saturated carbocycles. The molecule has 0 aromatic heterocycles. The maximum Gasteiger partial charge on any atom is 0.335 e. The van der Waals surface area contributed by atoms with Gasteiger partial charge in [-0.25, -0.2) is 4.79 Å². The third-order valence-corrected chi connectivity index (χ3v) is 8.45. The molecule has 1 amide bonds. The lowest BCUT2D eigenvalue weighted by molar-refractivity contribution is -0.195. The van der Waals surface area contributed by atoms with Crippen molar-refractivity contribution < 1.29 is 49.2 Å². The Hall–Kier alpha value is -4.26. The van der Waals surface area contributed by atoms with Crippen molar-refractivity contribution >= 4 is 35.0 Å². The smallest absolute Gasteiger partial charge is 0.335 e. The minimum absolute atomic E-state index is 0.0330. The Morgan fingerprint density at radius 3 is 2.33 bits per heavy atom. The van der Waals surface area contributed by atoms with Crippen molar-refractivity contribution in [2.24, 2.45) is 29.4 Å². The second kappa shape index (κ2) is 9.15. The predicted octanol–water partition coefficient (Wildman–Crippen LogP) is -0.797. The van der Waals surface area contributed by atoms with Crippen LogP contribution in [0, 0.1) is 23.7 Å². The van der Waals surface area contributed by atoms with Gasteiger partial charge in [0.15, 0.2) is 34.7 Å². The van der Waals surface area contributed by atoms with Gasteiger partial charge >= 0.3 is 5.97 Å². The topological polar surface area (TPSA) is 213 Å². The summed E-state index contributed by atoms with van der Waals surface area (Å²) in [6.45, 7) is 0. The first kappa shape index (κ1) is 27.3. The molecule has 2 fully saturated rings. The molecule has 0 saturated heterocycles. The first-order chi connectivity index (χ1) is 18.7. The molecule has 2 aromatic carbocycles. The van der Waals surface area contributed by atoms with Crippen LogP contribution in [0.3, 0.4) is 0 Å². The summed E-state index contributed by atoms with van der Waals surface area (Å²) in [5, 5.41) is 43.3. The molecule has 12 heteroatoms. The fourth-order valence-corrected chi connectivity index (χ4v) is 6.71. The zero-order valence-electron chi connectivity index (χ0n) is 21.4. The molecule has 2 unspecified atom stereocenters. The number of primary amides is 1. The molecule has 208 valence electrons. The van der Waals surface area contributed by atoms with Gasteiger partial charge in [-0.1, -0.05) is 18.2 Å². The van der Waals surface area contributed by atoms with E-state index in [2.05, 4.69) is 0 Å². The monoisotopic (exact) mass is 550 g/mol. The molecule has 0 aliphatic heterocycles. The molecule has 0 bridgehead atoms. The van der Waals surface area contributed by atoms with E-state index in [4.69, 9.17) is 5.73 Å². The molecule has 3 aliphatic carbocycles. The van der Waals surface area contributed by atoms with Crippen molar-refractivity contribution in [3.8, 4) is 16.9 Å². The number of aliphatic hydroxyl groups is 2. The van der Waals surface area contributed by atoms with Crippen molar-refractivity contribution in [1.82, 2.24) is 4.90 Å². The number of carboxylic acids is 1. The second-order valence-corrected chi connectivity index (χ2v) is 10.7. The highest BCUT2D eigenvalue weighted by Gasteiger charge is 2.72. The Morgan fingerprint density at radius 1 is 1.05 bits per heavy atom. The number of hydrogen-bond donors (Lipinski definition) is 5. The summed E-state index contributed by atoms with van der Waals surface area (Å²) < 4.78 is 0. The van der Waals surface area contributed by atoms with E-state index in [0.717, 1.165) is 0 Å². The van der Waals surface area contributed by atoms with E-state index in [0.29, 0.717) is 11.1 Å². The van der Waals surface area contributed by atoms with Crippen molar-refractivity contribution in [1.29, 1.82) is 0 Å². The molecular formula is C28H26N2O10. The third kappa shape index (κ3) is 3.56. The number of aliphatic hydroxyl groups excluding tert-OH is 1. The van der Waals surface area contributed by atoms with Gasteiger partial charge in [0.1, 0.15) is 5.75 Å². The van der Waals surface area contributed by atoms with E-state index in [1.54, 1.807) is 6.07 Å². The largest absolute Gasteiger partial charge is 0.507 e. The van der Waals surface area contributed by atoms with Gasteiger partial charge in [0.2, 0.25) is 5.91 Å². The Balaban J connectivity index is 1.70. The van der Waals surface area contributed by atoms with Crippen LogP contribution in [0.1, 0.15) is 26.3 Å². The SMILES string of the molecule is CN(C)[C@@H]1C(=O)C(C(N)=O)C(=O)[C@@]2(O)C(=O)C3C(=O)c4c(O)ccc(-c5cccc(C(=O)O)c5)c4C[C@H]3[C@H](O)[C@@H]12. The summed E-state index contributed by atoms with van der Waals surface area (Å²) >= 11 is 0. The van der Waals surface area contributed by atoms with E-state index >= 15 is 0 Å². The molecule has 2 aromatic rings. The number of hydrogen-bond acceptors (Lipinski definition) is 10. The van der Waals surface area contributed by atoms with Crippen molar-refractivity contribution in [3.63, 3.8) is 0 Å². The first-order valence-corrected chi connectivity index (χ1v) is 12.4. The van der Waals surface area contributed by atoms with Gasteiger partial charge in [0.05, 0.1) is 35.1 Å². The van der Waals surface area contributed by atoms with Crippen molar-refractivity contribution in [3.05, 3.63) is 53.1 Å². The maximum atomic E-state index is 13.9. The van der Waals surface area contributed by atoms with Gasteiger partial charge in [-0.05, 0) is 55.4 Å². The fourth-order valence-electron chi connectivity index (χ4n) is 6.71. The number of aromatic hydroxyl groups is 1. The highest BCUT2D eigenvalue weighted by Crippen LogP contribution is 2.51. The summed E-state index contributed by atoms with van der Waals surface area (Å²) in [6.07, 6.45) is -1.94. The van der Waals surface area contributed by atoms with Crippen LogP contribution in [0.4, 0.5) is 0 Å². The van der Waals surface area contributed by atoms with E-state index in [1.807, 2.05) is 0 Å². The van der Waals surface area contributed by atoms with Gasteiger partial charge in [0.25, 0.3) is 0 Å². The standard InChI is InChI=1S/C28H26N2O10/c1-30(2)20-19-21(32)14-9-13-12(10-4-3-5-11(8-10)27(38)39)6-7-15(31)16(13)22(33)17(14)24(35)28(19,40)25(36)18(23(20)34)26(29)37/h3-8,14,17-21,31-32,40H,9H2,1-2H3,(H2,29,37)(H,38,39)/t14-,17?,18?,19-,20+,21+,28+/m1/s1. The highest BCUT2D eigenvalue weighted by molar-refractivity contribution is 6.32. The number of carbonyl (C=O) groups excluding carboxylic acids is 5. The number of carbonyl (C=O) groups is 6. The predicted molar refractivity (Wildman–Crippen MR) is 135 cm³/mol. The van der Waals surface area contributed by atoms with Crippen molar-refractivity contribution in [2.75, 3.05) is 14.1 Å². The zero-order chi connectivity index (χ0) is 29.4. The molecule has 0 spiro atoms. The molecule has 0 radical (unpaired) electrons. The third-order valence-electron chi connectivity index (χ3n) is 8.45. The number of ketones is 4. The number of amides is 1. The van der Waals surface area contributed by atoms with E-state index < -0.39 is 82.2 Å². The van der Waals surface area contributed by atoms with Crippen LogP contribution in [-0.4, -0.2) is 92.2 Å². The Labute approximate surface area is 227 Å². The number of Topliss-reactive ketones (excluding diaryl/α,β-unsaturated/α-hetero) is 4. The number of aromatic carboxylic acids is 1. The van der Waals surface area contributed by atoms with Crippen LogP contribution in [0.5, 0.6) is 5.75 Å². The van der Waals surface area contributed by atoms with Crippen LogP contribution in [0.2, 0.25) is 0 Å². The molecule has 12 nitrogen and oxygen atoms in total. The van der Waals surface area contributed by atoms with Gasteiger partial charge in [0, 0.05) is 5.92 Å². The summed E-state index contributed by atoms with van der Waals surface area (Å²) in [4.78, 5) is 79.2. The van der Waals surface area contributed by atoms with Crippen LogP contribution in [-0.2, 0) is 25.6 Å². The molecule has 7 atom stereocenters. The lowest BCUT2D eigenvalue weighted by atomic mass is 9.51. The number of phenols is 1. The molecule has 0 heterocycles. The Bertz CT molecular complexity index is 1530. The van der Waals surface area contributed by atoms with Crippen LogP contribution in [0.15, 0.2) is 36.4 Å². The maximum absolute atomic E-state index is 13.9. The average Bonchev–Trinajstić information content (AvgIpc) is 2.88. The van der Waals surface area contributed by atoms with E-state index in [1.165, 1.54) is 49.3 Å². The van der Waals surface area contributed by atoms with E-state index in [9.17, 15) is 49.2 Å². The van der Waals surface area contributed by atoms with Gasteiger partial charge < -0.3 is 26.2 Å². The van der Waals surface area contributed by atoms with Gasteiger partial charge in [-0.15, -0.1) is 0 Å². The van der Waals surface area contributed by atoms with Crippen LogP contribution < -0.4 is 5.73 Å². The van der Waals surface area contributed by atoms with Crippen LogP contribution in [0.25, 0.3) is 11.1 Å². The summed E-state index contributed by atoms with van der Waals surface area (Å²) in [6, 6.07) is 7.06. The Kier molecular flexibility index (Phi) is 6.25. The quantitative estimate of drug-likeness (QED) is 0.297. The number of carboxylic acid groups (broad SMARTS) is 1. The summed E-state index contributed by atoms with van der Waals surface area (Å²) in [7, 11) is 2.82. The minimum Gasteiger partial charge on any atom is -0.507 e. The normalized spacial score (nSPS) is 31.4. The number of likely N-dealkylation sites (N-methyl/N-ethyl adjacent to an activating group) is 1. The second-order valence-electron chi connectivity index (χ2n) is 10.7. The number of rotatable bonds is 4. The highest BCUT2D eigenvalue weighted by atomic mass is 16.4. The number of phenolic OH excluding ortho intramolecular Hbond substituents is 1. The van der Waals surface area contributed by atoms with Crippen LogP contribution >= 0.6 is 0 Å².